The smallest absolute Gasteiger partial charge is 0.225 e. The number of carbonyl (C=O) groups excluding carboxylic acids is 1. The minimum atomic E-state index is 0.0340. The highest BCUT2D eigenvalue weighted by molar-refractivity contribution is 5.89. The van der Waals surface area contributed by atoms with Gasteiger partial charge in [0.15, 0.2) is 0 Å². The van der Waals surface area contributed by atoms with E-state index in [1.165, 1.54) is 5.56 Å². The molecule has 2 aromatic rings. The zero-order valence-corrected chi connectivity index (χ0v) is 12.4. The van der Waals surface area contributed by atoms with Crippen molar-refractivity contribution in [3.63, 3.8) is 0 Å². The number of rotatable bonds is 8. The molecule has 0 saturated carbocycles. The maximum Gasteiger partial charge on any atom is 0.225 e. The number of hydrogen-bond acceptors (Lipinski definition) is 3. The van der Waals surface area contributed by atoms with Crippen LogP contribution in [0.2, 0.25) is 0 Å². The van der Waals surface area contributed by atoms with Crippen molar-refractivity contribution in [3.05, 3.63) is 48.2 Å². The van der Waals surface area contributed by atoms with Crippen molar-refractivity contribution in [2.24, 2.45) is 0 Å². The predicted molar refractivity (Wildman–Crippen MR) is 84.2 cm³/mol. The number of anilines is 1. The van der Waals surface area contributed by atoms with Crippen molar-refractivity contribution in [3.8, 4) is 0 Å². The van der Waals surface area contributed by atoms with Gasteiger partial charge in [-0.05, 0) is 32.0 Å². The number of aryl methyl sites for hydroxylation is 2. The van der Waals surface area contributed by atoms with Crippen LogP contribution < -0.4 is 10.6 Å². The van der Waals surface area contributed by atoms with Crippen LogP contribution in [0.15, 0.2) is 42.6 Å². The summed E-state index contributed by atoms with van der Waals surface area (Å²) in [6.45, 7) is 1.60. The third kappa shape index (κ3) is 5.04. The molecule has 0 spiro atoms. The van der Waals surface area contributed by atoms with Crippen molar-refractivity contribution in [1.29, 1.82) is 0 Å². The number of nitrogens with one attached hydrogen (secondary N) is 2. The average Bonchev–Trinajstić information content (AvgIpc) is 2.93. The van der Waals surface area contributed by atoms with Gasteiger partial charge in [0.05, 0.1) is 6.20 Å². The second-order valence-corrected chi connectivity index (χ2v) is 4.93. The van der Waals surface area contributed by atoms with Crippen molar-refractivity contribution in [2.75, 3.05) is 18.9 Å². The van der Waals surface area contributed by atoms with Crippen LogP contribution in [-0.4, -0.2) is 29.3 Å². The summed E-state index contributed by atoms with van der Waals surface area (Å²) in [6, 6.07) is 12.1. The van der Waals surface area contributed by atoms with Crippen LogP contribution in [-0.2, 0) is 17.8 Å². The first-order valence-electron chi connectivity index (χ1n) is 7.30. The van der Waals surface area contributed by atoms with Gasteiger partial charge in [-0.3, -0.25) is 4.79 Å². The topological polar surface area (TPSA) is 59.0 Å². The quantitative estimate of drug-likeness (QED) is 0.730. The molecule has 0 unspecified atom stereocenters. The van der Waals surface area contributed by atoms with Gasteiger partial charge in [0.25, 0.3) is 0 Å². The predicted octanol–water partition coefficient (Wildman–Crippen LogP) is 2.06. The summed E-state index contributed by atoms with van der Waals surface area (Å²) in [5.74, 6) is 0.798. The van der Waals surface area contributed by atoms with Crippen LogP contribution >= 0.6 is 0 Å². The molecule has 1 aromatic carbocycles. The highest BCUT2D eigenvalue weighted by atomic mass is 16.1. The first-order valence-corrected chi connectivity index (χ1v) is 7.30. The fraction of sp³-hybridized carbons (Fsp3) is 0.375. The third-order valence-corrected chi connectivity index (χ3v) is 3.27. The standard InChI is InChI=1S/C16H22N4O/c1-17-11-5-8-16(21)19-15-9-12-18-20(15)13-10-14-6-3-2-4-7-14/h2-4,6-7,9,12,17H,5,8,10-11,13H2,1H3,(H,19,21). The third-order valence-electron chi connectivity index (χ3n) is 3.27. The zero-order valence-electron chi connectivity index (χ0n) is 12.4. The molecule has 2 N–H and O–H groups in total. The molecule has 0 aliphatic carbocycles. The molecule has 5 nitrogen and oxygen atoms in total. The molecular formula is C16H22N4O. The summed E-state index contributed by atoms with van der Waals surface area (Å²) in [5, 5.41) is 10.2. The van der Waals surface area contributed by atoms with E-state index >= 15 is 0 Å². The molecule has 112 valence electrons. The molecule has 2 rings (SSSR count). The average molecular weight is 286 g/mol. The van der Waals surface area contributed by atoms with E-state index in [0.29, 0.717) is 6.42 Å². The molecule has 5 heteroatoms. The van der Waals surface area contributed by atoms with Crippen LogP contribution in [0.5, 0.6) is 0 Å². The molecule has 0 radical (unpaired) electrons. The van der Waals surface area contributed by atoms with E-state index in [2.05, 4.69) is 27.9 Å². The van der Waals surface area contributed by atoms with E-state index in [0.717, 1.165) is 31.7 Å². The van der Waals surface area contributed by atoms with Gasteiger partial charge >= 0.3 is 0 Å². The summed E-state index contributed by atoms with van der Waals surface area (Å²) in [6.07, 6.45) is 3.96. The molecule has 0 aliphatic heterocycles. The van der Waals surface area contributed by atoms with Crippen LogP contribution in [0.25, 0.3) is 0 Å². The summed E-state index contributed by atoms with van der Waals surface area (Å²) in [5.41, 5.74) is 1.26. The van der Waals surface area contributed by atoms with Gasteiger partial charge in [-0.1, -0.05) is 30.3 Å². The maximum atomic E-state index is 11.8. The van der Waals surface area contributed by atoms with Crippen LogP contribution in [0.4, 0.5) is 5.82 Å². The highest BCUT2D eigenvalue weighted by Gasteiger charge is 2.07. The van der Waals surface area contributed by atoms with E-state index in [9.17, 15) is 4.79 Å². The summed E-state index contributed by atoms with van der Waals surface area (Å²) in [7, 11) is 1.89. The van der Waals surface area contributed by atoms with Gasteiger partial charge in [0.1, 0.15) is 5.82 Å². The molecule has 21 heavy (non-hydrogen) atoms. The number of carbonyl (C=O) groups is 1. The molecule has 0 fully saturated rings. The molecule has 0 bridgehead atoms. The fourth-order valence-electron chi connectivity index (χ4n) is 2.13. The molecule has 1 aromatic heterocycles. The number of hydrogen-bond donors (Lipinski definition) is 2. The first-order chi connectivity index (χ1) is 10.3. The lowest BCUT2D eigenvalue weighted by Gasteiger charge is -2.09. The Bertz CT molecular complexity index is 550. The van der Waals surface area contributed by atoms with Crippen molar-refractivity contribution >= 4 is 11.7 Å². The lowest BCUT2D eigenvalue weighted by Crippen LogP contribution is -2.18. The Balaban J connectivity index is 1.85. The Morgan fingerprint density at radius 3 is 2.81 bits per heavy atom. The normalized spacial score (nSPS) is 10.5. The monoisotopic (exact) mass is 286 g/mol. The van der Waals surface area contributed by atoms with Gasteiger partial charge in [0, 0.05) is 19.0 Å². The Morgan fingerprint density at radius 1 is 1.24 bits per heavy atom. The zero-order chi connectivity index (χ0) is 14.9. The molecule has 0 saturated heterocycles. The van der Waals surface area contributed by atoms with Crippen molar-refractivity contribution < 1.29 is 4.79 Å². The summed E-state index contributed by atoms with van der Waals surface area (Å²) in [4.78, 5) is 11.8. The van der Waals surface area contributed by atoms with Crippen molar-refractivity contribution in [2.45, 2.75) is 25.8 Å². The van der Waals surface area contributed by atoms with E-state index in [4.69, 9.17) is 0 Å². The summed E-state index contributed by atoms with van der Waals surface area (Å²) < 4.78 is 1.84. The Morgan fingerprint density at radius 2 is 2.05 bits per heavy atom. The molecular weight excluding hydrogens is 264 g/mol. The maximum absolute atomic E-state index is 11.8. The van der Waals surface area contributed by atoms with Gasteiger partial charge in [-0.2, -0.15) is 5.10 Å². The van der Waals surface area contributed by atoms with Gasteiger partial charge in [-0.15, -0.1) is 0 Å². The van der Waals surface area contributed by atoms with E-state index < -0.39 is 0 Å². The fourth-order valence-corrected chi connectivity index (χ4v) is 2.13. The number of amides is 1. The molecule has 0 aliphatic rings. The number of benzene rings is 1. The number of aromatic nitrogens is 2. The first kappa shape index (κ1) is 15.3. The van der Waals surface area contributed by atoms with E-state index in [1.807, 2.05) is 36.0 Å². The Labute approximate surface area is 125 Å². The van der Waals surface area contributed by atoms with E-state index in [1.54, 1.807) is 6.20 Å². The molecule has 0 atom stereocenters. The number of nitrogens with zero attached hydrogens (tertiary/aromatic N) is 2. The second-order valence-electron chi connectivity index (χ2n) is 4.93. The molecule has 1 heterocycles. The van der Waals surface area contributed by atoms with Gasteiger partial charge in [-0.25, -0.2) is 4.68 Å². The SMILES string of the molecule is CNCCCC(=O)Nc1ccnn1CCc1ccccc1. The van der Waals surface area contributed by atoms with E-state index in [-0.39, 0.29) is 5.91 Å². The summed E-state index contributed by atoms with van der Waals surface area (Å²) >= 11 is 0. The van der Waals surface area contributed by atoms with Crippen LogP contribution in [0, 0.1) is 0 Å². The Kier molecular flexibility index (Phi) is 5.97. The minimum absolute atomic E-state index is 0.0340. The van der Waals surface area contributed by atoms with Crippen LogP contribution in [0.1, 0.15) is 18.4 Å². The molecule has 1 amide bonds. The lowest BCUT2D eigenvalue weighted by molar-refractivity contribution is -0.116. The lowest BCUT2D eigenvalue weighted by atomic mass is 10.1. The largest absolute Gasteiger partial charge is 0.320 e. The minimum Gasteiger partial charge on any atom is -0.320 e. The van der Waals surface area contributed by atoms with Gasteiger partial charge in [0.2, 0.25) is 5.91 Å². The second kappa shape index (κ2) is 8.21. The highest BCUT2D eigenvalue weighted by Crippen LogP contribution is 2.09. The van der Waals surface area contributed by atoms with Crippen molar-refractivity contribution in [1.82, 2.24) is 15.1 Å². The Hall–Kier alpha value is -2.14. The van der Waals surface area contributed by atoms with Crippen LogP contribution in [0.3, 0.4) is 0 Å². The van der Waals surface area contributed by atoms with Gasteiger partial charge < -0.3 is 10.6 Å².